The van der Waals surface area contributed by atoms with E-state index < -0.39 is 0 Å². The molecule has 3 nitrogen and oxygen atoms in total. The molecule has 2 N–H and O–H groups in total. The second-order valence-electron chi connectivity index (χ2n) is 5.30. The lowest BCUT2D eigenvalue weighted by molar-refractivity contribution is 0.184. The van der Waals surface area contributed by atoms with E-state index in [1.165, 1.54) is 38.9 Å². The Morgan fingerprint density at radius 3 is 2.87 bits per heavy atom. The molecule has 1 saturated heterocycles. The largest absolute Gasteiger partial charge is 0.327 e. The average molecular weight is 213 g/mol. The third kappa shape index (κ3) is 5.50. The van der Waals surface area contributed by atoms with Crippen LogP contribution >= 0.6 is 0 Å². The Morgan fingerprint density at radius 2 is 2.27 bits per heavy atom. The minimum atomic E-state index is 0.295. The van der Waals surface area contributed by atoms with Crippen LogP contribution in [0.15, 0.2) is 0 Å². The summed E-state index contributed by atoms with van der Waals surface area (Å²) in [5, 5.41) is 0. The van der Waals surface area contributed by atoms with Crippen LogP contribution in [0.2, 0.25) is 0 Å². The van der Waals surface area contributed by atoms with Crippen LogP contribution in [-0.2, 0) is 0 Å². The van der Waals surface area contributed by atoms with Crippen molar-refractivity contribution in [1.82, 2.24) is 9.80 Å². The molecule has 0 bridgehead atoms. The molecule has 1 rings (SSSR count). The van der Waals surface area contributed by atoms with Gasteiger partial charge in [0.15, 0.2) is 0 Å². The summed E-state index contributed by atoms with van der Waals surface area (Å²) >= 11 is 0. The van der Waals surface area contributed by atoms with Crippen molar-refractivity contribution in [3.63, 3.8) is 0 Å². The standard InChI is InChI=1S/C12H27N3/c1-11(13)9-15(3)8-6-12-5-4-7-14(2)10-12/h11-12H,4-10,13H2,1-3H3. The van der Waals surface area contributed by atoms with Crippen LogP contribution in [0.3, 0.4) is 0 Å². The van der Waals surface area contributed by atoms with Gasteiger partial charge in [-0.25, -0.2) is 0 Å². The number of hydrogen-bond donors (Lipinski definition) is 1. The first-order valence-corrected chi connectivity index (χ1v) is 6.20. The minimum Gasteiger partial charge on any atom is -0.327 e. The second kappa shape index (κ2) is 6.46. The van der Waals surface area contributed by atoms with Gasteiger partial charge in [-0.2, -0.15) is 0 Å². The molecule has 1 heterocycles. The van der Waals surface area contributed by atoms with E-state index in [0.29, 0.717) is 6.04 Å². The Bertz CT molecular complexity index is 170. The second-order valence-corrected chi connectivity index (χ2v) is 5.30. The maximum absolute atomic E-state index is 5.77. The fourth-order valence-corrected chi connectivity index (χ4v) is 2.49. The van der Waals surface area contributed by atoms with Crippen LogP contribution < -0.4 is 5.73 Å². The van der Waals surface area contributed by atoms with Gasteiger partial charge < -0.3 is 15.5 Å². The lowest BCUT2D eigenvalue weighted by Gasteiger charge is -2.31. The van der Waals surface area contributed by atoms with E-state index in [-0.39, 0.29) is 0 Å². The van der Waals surface area contributed by atoms with Gasteiger partial charge in [0.1, 0.15) is 0 Å². The Balaban J connectivity index is 2.13. The van der Waals surface area contributed by atoms with Crippen molar-refractivity contribution in [3.05, 3.63) is 0 Å². The van der Waals surface area contributed by atoms with E-state index in [0.717, 1.165) is 12.5 Å². The zero-order valence-electron chi connectivity index (χ0n) is 10.6. The van der Waals surface area contributed by atoms with Gasteiger partial charge in [-0.1, -0.05) is 0 Å². The first-order chi connectivity index (χ1) is 7.08. The number of nitrogens with zero attached hydrogens (tertiary/aromatic N) is 2. The quantitative estimate of drug-likeness (QED) is 0.739. The molecular weight excluding hydrogens is 186 g/mol. The summed E-state index contributed by atoms with van der Waals surface area (Å²) in [7, 11) is 4.41. The molecule has 0 radical (unpaired) electrons. The third-order valence-corrected chi connectivity index (χ3v) is 3.24. The van der Waals surface area contributed by atoms with Crippen molar-refractivity contribution < 1.29 is 0 Å². The van der Waals surface area contributed by atoms with Crippen LogP contribution in [0, 0.1) is 5.92 Å². The number of nitrogens with two attached hydrogens (primary N) is 1. The highest BCUT2D eigenvalue weighted by Gasteiger charge is 2.17. The molecular formula is C12H27N3. The van der Waals surface area contributed by atoms with Gasteiger partial charge in [-0.15, -0.1) is 0 Å². The summed E-state index contributed by atoms with van der Waals surface area (Å²) in [6.45, 7) is 6.85. The van der Waals surface area contributed by atoms with Crippen molar-refractivity contribution >= 4 is 0 Å². The lowest BCUT2D eigenvalue weighted by Crippen LogP contribution is -2.36. The summed E-state index contributed by atoms with van der Waals surface area (Å²) in [5.41, 5.74) is 5.77. The number of piperidine rings is 1. The Morgan fingerprint density at radius 1 is 1.53 bits per heavy atom. The van der Waals surface area contributed by atoms with Crippen LogP contribution in [0.1, 0.15) is 26.2 Å². The molecule has 1 aliphatic rings. The van der Waals surface area contributed by atoms with E-state index in [1.54, 1.807) is 0 Å². The van der Waals surface area contributed by atoms with Gasteiger partial charge >= 0.3 is 0 Å². The number of likely N-dealkylation sites (N-methyl/N-ethyl adjacent to an activating group) is 1. The first kappa shape index (κ1) is 12.9. The summed E-state index contributed by atoms with van der Waals surface area (Å²) in [5.74, 6) is 0.902. The van der Waals surface area contributed by atoms with Gasteiger partial charge in [0, 0.05) is 19.1 Å². The normalized spacial score (nSPS) is 25.8. The van der Waals surface area contributed by atoms with Crippen molar-refractivity contribution in [2.75, 3.05) is 40.3 Å². The molecule has 2 atom stereocenters. The van der Waals surface area contributed by atoms with Crippen LogP contribution in [0.25, 0.3) is 0 Å². The van der Waals surface area contributed by atoms with E-state index in [4.69, 9.17) is 5.73 Å². The molecule has 1 fully saturated rings. The van der Waals surface area contributed by atoms with Gasteiger partial charge in [0.2, 0.25) is 0 Å². The van der Waals surface area contributed by atoms with Gasteiger partial charge in [-0.3, -0.25) is 0 Å². The van der Waals surface area contributed by atoms with E-state index in [2.05, 4.69) is 30.8 Å². The zero-order valence-corrected chi connectivity index (χ0v) is 10.6. The number of rotatable bonds is 5. The van der Waals surface area contributed by atoms with Crippen molar-refractivity contribution in [3.8, 4) is 0 Å². The SMILES string of the molecule is CC(N)CN(C)CCC1CCCN(C)C1. The zero-order chi connectivity index (χ0) is 11.3. The molecule has 0 spiro atoms. The van der Waals surface area contributed by atoms with E-state index in [9.17, 15) is 0 Å². The lowest BCUT2D eigenvalue weighted by atomic mass is 9.95. The predicted octanol–water partition coefficient (Wildman–Crippen LogP) is 0.997. The number of likely N-dealkylation sites (tertiary alicyclic amines) is 1. The molecule has 2 unspecified atom stereocenters. The highest BCUT2D eigenvalue weighted by molar-refractivity contribution is 4.72. The Kier molecular flexibility index (Phi) is 5.58. The molecule has 1 aliphatic heterocycles. The minimum absolute atomic E-state index is 0.295. The molecule has 90 valence electrons. The summed E-state index contributed by atoms with van der Waals surface area (Å²) < 4.78 is 0. The molecule has 0 amide bonds. The maximum atomic E-state index is 5.77. The monoisotopic (exact) mass is 213 g/mol. The van der Waals surface area contributed by atoms with Crippen LogP contribution in [0.5, 0.6) is 0 Å². The predicted molar refractivity (Wildman–Crippen MR) is 66.0 cm³/mol. The molecule has 0 aliphatic carbocycles. The van der Waals surface area contributed by atoms with Crippen molar-refractivity contribution in [2.45, 2.75) is 32.2 Å². The molecule has 0 saturated carbocycles. The van der Waals surface area contributed by atoms with Gasteiger partial charge in [0.25, 0.3) is 0 Å². The third-order valence-electron chi connectivity index (χ3n) is 3.24. The summed E-state index contributed by atoms with van der Waals surface area (Å²) in [6, 6.07) is 0.295. The molecule has 0 aromatic heterocycles. The molecule has 0 aromatic carbocycles. The topological polar surface area (TPSA) is 32.5 Å². The number of hydrogen-bond acceptors (Lipinski definition) is 3. The van der Waals surface area contributed by atoms with Crippen LogP contribution in [-0.4, -0.2) is 56.1 Å². The van der Waals surface area contributed by atoms with Gasteiger partial charge in [-0.05, 0) is 59.3 Å². The fourth-order valence-electron chi connectivity index (χ4n) is 2.49. The van der Waals surface area contributed by atoms with E-state index >= 15 is 0 Å². The van der Waals surface area contributed by atoms with Crippen molar-refractivity contribution in [1.29, 1.82) is 0 Å². The maximum Gasteiger partial charge on any atom is 0.0139 e. The summed E-state index contributed by atoms with van der Waals surface area (Å²) in [4.78, 5) is 4.82. The first-order valence-electron chi connectivity index (χ1n) is 6.20. The van der Waals surface area contributed by atoms with Crippen molar-refractivity contribution in [2.24, 2.45) is 11.7 Å². The summed E-state index contributed by atoms with van der Waals surface area (Å²) in [6.07, 6.45) is 4.11. The Labute approximate surface area is 94.6 Å². The molecule has 15 heavy (non-hydrogen) atoms. The van der Waals surface area contributed by atoms with Crippen LogP contribution in [0.4, 0.5) is 0 Å². The molecule has 3 heteroatoms. The molecule has 0 aromatic rings. The highest BCUT2D eigenvalue weighted by Crippen LogP contribution is 2.18. The smallest absolute Gasteiger partial charge is 0.0139 e. The van der Waals surface area contributed by atoms with Gasteiger partial charge in [0.05, 0.1) is 0 Å². The Hall–Kier alpha value is -0.120. The average Bonchev–Trinajstić information content (AvgIpc) is 2.14. The fraction of sp³-hybridized carbons (Fsp3) is 1.00. The van der Waals surface area contributed by atoms with E-state index in [1.807, 2.05) is 0 Å². The highest BCUT2D eigenvalue weighted by atomic mass is 15.1.